The molecule has 2 atom stereocenters. The van der Waals surface area contributed by atoms with Crippen LogP contribution in [-0.2, 0) is 28.2 Å². The summed E-state index contributed by atoms with van der Waals surface area (Å²) in [6, 6.07) is 0. The summed E-state index contributed by atoms with van der Waals surface area (Å²) < 4.78 is 25.9. The summed E-state index contributed by atoms with van der Waals surface area (Å²) in [5, 5.41) is 9.41. The molecule has 0 radical (unpaired) electrons. The van der Waals surface area contributed by atoms with Crippen molar-refractivity contribution < 1.29 is 43.0 Å². The van der Waals surface area contributed by atoms with Gasteiger partial charge in [-0.3, -0.25) is 14.1 Å². The SMILES string of the molecule is CCCCCCCC(=O)O[C@H](COC(=O)CCC/C=C\C/C=C\C/C=C\C/C=C\C=C\[C@@H](O)CC)COP(=O)(O)O. The number of phosphoric acid groups is 1. The molecule has 0 bridgehead atoms. The van der Waals surface area contributed by atoms with Gasteiger partial charge in [-0.15, -0.1) is 0 Å². The van der Waals surface area contributed by atoms with E-state index in [2.05, 4.69) is 35.8 Å². The van der Waals surface area contributed by atoms with E-state index in [1.807, 2.05) is 37.3 Å². The van der Waals surface area contributed by atoms with Gasteiger partial charge in [0, 0.05) is 12.8 Å². The Balaban J connectivity index is 4.13. The number of ether oxygens (including phenoxy) is 2. The summed E-state index contributed by atoms with van der Waals surface area (Å²) in [6.07, 6.45) is 28.1. The predicted octanol–water partition coefficient (Wildman–Crippen LogP) is 6.80. The van der Waals surface area contributed by atoms with Crippen LogP contribution in [0.1, 0.15) is 97.3 Å². The monoisotopic (exact) mass is 598 g/mol. The fourth-order valence-electron chi connectivity index (χ4n) is 3.36. The van der Waals surface area contributed by atoms with Crippen molar-refractivity contribution >= 4 is 19.8 Å². The van der Waals surface area contributed by atoms with Crippen LogP contribution < -0.4 is 0 Å². The van der Waals surface area contributed by atoms with Crippen LogP contribution >= 0.6 is 7.82 Å². The topological polar surface area (TPSA) is 140 Å². The average molecular weight is 599 g/mol. The molecule has 234 valence electrons. The number of hydrogen-bond donors (Lipinski definition) is 3. The molecule has 0 aliphatic carbocycles. The minimum atomic E-state index is -4.75. The third kappa shape index (κ3) is 29.0. The van der Waals surface area contributed by atoms with Crippen molar-refractivity contribution in [3.8, 4) is 0 Å². The summed E-state index contributed by atoms with van der Waals surface area (Å²) in [4.78, 5) is 42.0. The maximum Gasteiger partial charge on any atom is 0.469 e. The Morgan fingerprint density at radius 2 is 1.37 bits per heavy atom. The Labute approximate surface area is 246 Å². The van der Waals surface area contributed by atoms with Crippen LogP contribution in [0.5, 0.6) is 0 Å². The lowest BCUT2D eigenvalue weighted by atomic mass is 10.1. The highest BCUT2D eigenvalue weighted by atomic mass is 31.2. The number of rotatable bonds is 25. The van der Waals surface area contributed by atoms with Crippen LogP contribution in [0.4, 0.5) is 0 Å². The number of phosphoric ester groups is 1. The van der Waals surface area contributed by atoms with Gasteiger partial charge in [0.15, 0.2) is 6.10 Å². The first-order chi connectivity index (χ1) is 19.7. The predicted molar refractivity (Wildman–Crippen MR) is 162 cm³/mol. The number of allylic oxidation sites excluding steroid dienone is 9. The van der Waals surface area contributed by atoms with E-state index in [4.69, 9.17) is 19.3 Å². The van der Waals surface area contributed by atoms with Gasteiger partial charge in [0.2, 0.25) is 0 Å². The summed E-state index contributed by atoms with van der Waals surface area (Å²) in [5.74, 6) is -0.997. The summed E-state index contributed by atoms with van der Waals surface area (Å²) in [6.45, 7) is 3.14. The van der Waals surface area contributed by atoms with Gasteiger partial charge >= 0.3 is 19.8 Å². The highest BCUT2D eigenvalue weighted by molar-refractivity contribution is 7.46. The molecule has 9 nitrogen and oxygen atoms in total. The van der Waals surface area contributed by atoms with Gasteiger partial charge in [0.1, 0.15) is 6.61 Å². The molecule has 0 amide bonds. The van der Waals surface area contributed by atoms with Crippen LogP contribution in [0, 0.1) is 0 Å². The van der Waals surface area contributed by atoms with Crippen molar-refractivity contribution in [3.05, 3.63) is 60.8 Å². The summed E-state index contributed by atoms with van der Waals surface area (Å²) >= 11 is 0. The molecule has 0 aliphatic heterocycles. The van der Waals surface area contributed by atoms with Gasteiger partial charge in [-0.1, -0.05) is 100 Å². The number of aliphatic hydroxyl groups excluding tert-OH is 1. The number of aliphatic hydroxyl groups is 1. The molecule has 0 rings (SSSR count). The summed E-state index contributed by atoms with van der Waals surface area (Å²) in [7, 11) is -4.75. The van der Waals surface area contributed by atoms with E-state index in [1.54, 1.807) is 6.08 Å². The van der Waals surface area contributed by atoms with Crippen molar-refractivity contribution in [2.24, 2.45) is 0 Å². The van der Waals surface area contributed by atoms with E-state index in [1.165, 1.54) is 0 Å². The molecule has 0 fully saturated rings. The van der Waals surface area contributed by atoms with Gasteiger partial charge in [-0.05, 0) is 44.9 Å². The molecule has 0 heterocycles. The normalized spacial score (nSPS) is 14.2. The lowest BCUT2D eigenvalue weighted by Crippen LogP contribution is -2.29. The zero-order valence-corrected chi connectivity index (χ0v) is 25.7. The second-order valence-corrected chi connectivity index (χ2v) is 10.8. The number of unbranched alkanes of at least 4 members (excludes halogenated alkanes) is 5. The number of carbonyl (C=O) groups excluding carboxylic acids is 2. The highest BCUT2D eigenvalue weighted by Gasteiger charge is 2.22. The quantitative estimate of drug-likeness (QED) is 0.0340. The van der Waals surface area contributed by atoms with Crippen molar-refractivity contribution in [2.45, 2.75) is 110 Å². The molecule has 0 saturated heterocycles. The molecule has 0 spiro atoms. The lowest BCUT2D eigenvalue weighted by Gasteiger charge is -2.18. The Morgan fingerprint density at radius 1 is 0.756 bits per heavy atom. The second-order valence-electron chi connectivity index (χ2n) is 9.55. The van der Waals surface area contributed by atoms with E-state index in [-0.39, 0.29) is 25.6 Å². The fourth-order valence-corrected chi connectivity index (χ4v) is 3.72. The fraction of sp³-hybridized carbons (Fsp3) is 0.613. The second kappa shape index (κ2) is 26.6. The lowest BCUT2D eigenvalue weighted by molar-refractivity contribution is -0.161. The average Bonchev–Trinajstić information content (AvgIpc) is 2.93. The van der Waals surface area contributed by atoms with Crippen LogP contribution in [0.2, 0.25) is 0 Å². The van der Waals surface area contributed by atoms with Gasteiger partial charge in [0.05, 0.1) is 12.7 Å². The van der Waals surface area contributed by atoms with Gasteiger partial charge in [0.25, 0.3) is 0 Å². The van der Waals surface area contributed by atoms with E-state index < -0.39 is 32.5 Å². The molecule has 10 heteroatoms. The molecular weight excluding hydrogens is 547 g/mol. The number of hydrogen-bond acceptors (Lipinski definition) is 7. The standard InChI is InChI=1S/C31H51O9P/c1-3-5-6-17-22-25-31(34)40-29(27-39-41(35,36)37)26-38-30(33)24-21-19-16-14-12-10-8-7-9-11-13-15-18-20-23-28(32)4-2/h8-11,14-16,18,20,23,28-29,32H,3-7,12-13,17,19,21-22,24-27H2,1-2H3,(H2,35,36,37)/b10-8-,11-9-,16-14-,18-15-,23-20+/t28-,29+/m0/s1. The first-order valence-electron chi connectivity index (χ1n) is 14.7. The third-order valence-corrected chi connectivity index (χ3v) is 6.19. The minimum Gasteiger partial charge on any atom is -0.462 e. The minimum absolute atomic E-state index is 0.172. The first kappa shape index (κ1) is 38.7. The zero-order chi connectivity index (χ0) is 30.6. The van der Waals surface area contributed by atoms with Crippen molar-refractivity contribution in [3.63, 3.8) is 0 Å². The Kier molecular flexibility index (Phi) is 25.1. The maximum absolute atomic E-state index is 12.1. The molecule has 0 aliphatic rings. The van der Waals surface area contributed by atoms with E-state index in [9.17, 15) is 19.3 Å². The summed E-state index contributed by atoms with van der Waals surface area (Å²) in [5.41, 5.74) is 0. The maximum atomic E-state index is 12.1. The molecule has 0 unspecified atom stereocenters. The molecule has 0 aromatic rings. The third-order valence-electron chi connectivity index (χ3n) is 5.71. The molecular formula is C31H51O9P. The van der Waals surface area contributed by atoms with Crippen LogP contribution in [0.25, 0.3) is 0 Å². The smallest absolute Gasteiger partial charge is 0.462 e. The van der Waals surface area contributed by atoms with Crippen molar-refractivity contribution in [1.29, 1.82) is 0 Å². The first-order valence-corrected chi connectivity index (χ1v) is 16.2. The van der Waals surface area contributed by atoms with Crippen molar-refractivity contribution in [2.75, 3.05) is 13.2 Å². The molecule has 0 aromatic heterocycles. The molecule has 3 N–H and O–H groups in total. The Morgan fingerprint density at radius 3 is 2.00 bits per heavy atom. The number of carbonyl (C=O) groups is 2. The van der Waals surface area contributed by atoms with E-state index >= 15 is 0 Å². The van der Waals surface area contributed by atoms with Crippen LogP contribution in [0.3, 0.4) is 0 Å². The Hall–Kier alpha value is -2.29. The van der Waals surface area contributed by atoms with Gasteiger partial charge in [-0.25, -0.2) is 4.57 Å². The van der Waals surface area contributed by atoms with E-state index in [0.717, 1.165) is 44.9 Å². The zero-order valence-electron chi connectivity index (χ0n) is 24.8. The van der Waals surface area contributed by atoms with Gasteiger partial charge in [-0.2, -0.15) is 0 Å². The van der Waals surface area contributed by atoms with Crippen LogP contribution in [0.15, 0.2) is 60.8 Å². The largest absolute Gasteiger partial charge is 0.469 e. The van der Waals surface area contributed by atoms with E-state index in [0.29, 0.717) is 25.7 Å². The number of esters is 2. The van der Waals surface area contributed by atoms with Crippen LogP contribution in [-0.4, -0.2) is 52.3 Å². The molecule has 41 heavy (non-hydrogen) atoms. The van der Waals surface area contributed by atoms with Gasteiger partial charge < -0.3 is 24.4 Å². The highest BCUT2D eigenvalue weighted by Crippen LogP contribution is 2.35. The molecule has 0 saturated carbocycles. The Bertz CT molecular complexity index is 871. The van der Waals surface area contributed by atoms with Crippen molar-refractivity contribution in [1.82, 2.24) is 0 Å². The molecule has 0 aromatic carbocycles.